The summed E-state index contributed by atoms with van der Waals surface area (Å²) in [6.45, 7) is 4.04. The van der Waals surface area contributed by atoms with Crippen LogP contribution in [0.1, 0.15) is 69.5 Å². The topological polar surface area (TPSA) is 86.0 Å². The Bertz CT molecular complexity index is 1140. The highest BCUT2D eigenvalue weighted by molar-refractivity contribution is 7.99. The molecule has 3 fully saturated rings. The van der Waals surface area contributed by atoms with Gasteiger partial charge in [-0.3, -0.25) is 18.7 Å². The molecular formula is C24H32N4O3S. The molecule has 32 heavy (non-hydrogen) atoms. The predicted molar refractivity (Wildman–Crippen MR) is 127 cm³/mol. The van der Waals surface area contributed by atoms with E-state index < -0.39 is 0 Å². The summed E-state index contributed by atoms with van der Waals surface area (Å²) >= 11 is 1.92. The quantitative estimate of drug-likeness (QED) is 0.764. The highest BCUT2D eigenvalue weighted by Gasteiger charge is 2.40. The van der Waals surface area contributed by atoms with E-state index in [2.05, 4.69) is 17.2 Å². The third-order valence-electron chi connectivity index (χ3n) is 7.50. The molecule has 2 aromatic heterocycles. The minimum Gasteiger partial charge on any atom is -0.353 e. The second-order valence-corrected chi connectivity index (χ2v) is 11.1. The lowest BCUT2D eigenvalue weighted by Crippen LogP contribution is -2.46. The Labute approximate surface area is 192 Å². The number of nitrogens with one attached hydrogen (secondary N) is 1. The van der Waals surface area contributed by atoms with Crippen LogP contribution in [0.5, 0.6) is 0 Å². The first kappa shape index (κ1) is 21.7. The minimum atomic E-state index is -0.220. The maximum absolute atomic E-state index is 13.7. The molecular weight excluding hydrogens is 424 g/mol. The zero-order valence-electron chi connectivity index (χ0n) is 18.9. The Hall–Kier alpha value is -2.09. The Morgan fingerprint density at radius 2 is 1.72 bits per heavy atom. The van der Waals surface area contributed by atoms with Crippen molar-refractivity contribution in [2.45, 2.75) is 76.9 Å². The van der Waals surface area contributed by atoms with Crippen LogP contribution in [0.4, 0.5) is 0 Å². The Morgan fingerprint density at radius 1 is 1.06 bits per heavy atom. The van der Waals surface area contributed by atoms with Crippen LogP contribution in [-0.2, 0) is 4.79 Å². The fraction of sp³-hybridized carbons (Fsp3) is 0.667. The van der Waals surface area contributed by atoms with Gasteiger partial charge in [0, 0.05) is 30.2 Å². The zero-order valence-corrected chi connectivity index (χ0v) is 19.7. The van der Waals surface area contributed by atoms with Gasteiger partial charge in [-0.25, -0.2) is 9.78 Å². The summed E-state index contributed by atoms with van der Waals surface area (Å²) < 4.78 is 3.31. The molecule has 0 bridgehead atoms. The number of carbonyl (C=O) groups is 1. The van der Waals surface area contributed by atoms with Gasteiger partial charge in [-0.15, -0.1) is 0 Å². The van der Waals surface area contributed by atoms with E-state index in [0.29, 0.717) is 17.0 Å². The summed E-state index contributed by atoms with van der Waals surface area (Å²) in [5, 5.41) is 3.73. The number of amides is 1. The molecule has 7 nitrogen and oxygen atoms in total. The third-order valence-corrected chi connectivity index (χ3v) is 8.55. The lowest BCUT2D eigenvalue weighted by Gasteiger charge is -2.31. The number of nitrogens with zero attached hydrogens (tertiary/aromatic N) is 3. The molecule has 0 aromatic carbocycles. The van der Waals surface area contributed by atoms with E-state index in [1.165, 1.54) is 4.57 Å². The van der Waals surface area contributed by atoms with Crippen molar-refractivity contribution < 1.29 is 4.79 Å². The molecule has 2 atom stereocenters. The van der Waals surface area contributed by atoms with Gasteiger partial charge in [0.25, 0.3) is 5.56 Å². The van der Waals surface area contributed by atoms with Gasteiger partial charge in [-0.05, 0) is 80.9 Å². The molecule has 172 valence electrons. The first-order valence-electron chi connectivity index (χ1n) is 12.0. The number of thioether (sulfide) groups is 1. The van der Waals surface area contributed by atoms with Gasteiger partial charge in [-0.1, -0.05) is 6.92 Å². The van der Waals surface area contributed by atoms with Gasteiger partial charge in [0.05, 0.1) is 5.39 Å². The average molecular weight is 457 g/mol. The molecule has 8 heteroatoms. The Balaban J connectivity index is 1.45. The van der Waals surface area contributed by atoms with E-state index in [9.17, 15) is 14.4 Å². The van der Waals surface area contributed by atoms with Gasteiger partial charge in [0.2, 0.25) is 5.91 Å². The van der Waals surface area contributed by atoms with Crippen molar-refractivity contribution in [3.05, 3.63) is 38.7 Å². The largest absolute Gasteiger partial charge is 0.353 e. The van der Waals surface area contributed by atoms with E-state index in [1.54, 1.807) is 10.8 Å². The van der Waals surface area contributed by atoms with Crippen LogP contribution in [0.3, 0.4) is 0 Å². The van der Waals surface area contributed by atoms with Gasteiger partial charge in [-0.2, -0.15) is 11.8 Å². The lowest BCUT2D eigenvalue weighted by atomic mass is 9.90. The Morgan fingerprint density at radius 3 is 2.38 bits per heavy atom. The maximum Gasteiger partial charge on any atom is 0.333 e. The van der Waals surface area contributed by atoms with Crippen molar-refractivity contribution in [3.63, 3.8) is 0 Å². The van der Waals surface area contributed by atoms with E-state index in [-0.39, 0.29) is 41.2 Å². The monoisotopic (exact) mass is 456 g/mol. The zero-order chi connectivity index (χ0) is 22.4. The second-order valence-electron chi connectivity index (χ2n) is 9.89. The first-order valence-corrected chi connectivity index (χ1v) is 13.1. The molecule has 3 aliphatic rings. The molecule has 2 saturated carbocycles. The van der Waals surface area contributed by atoms with Crippen LogP contribution in [0.15, 0.2) is 21.9 Å². The molecule has 5 rings (SSSR count). The fourth-order valence-electron chi connectivity index (χ4n) is 5.40. The maximum atomic E-state index is 13.7. The summed E-state index contributed by atoms with van der Waals surface area (Å²) in [6.07, 6.45) is 7.63. The van der Waals surface area contributed by atoms with Gasteiger partial charge >= 0.3 is 5.69 Å². The highest BCUT2D eigenvalue weighted by Crippen LogP contribution is 2.38. The van der Waals surface area contributed by atoms with Crippen LogP contribution in [0.25, 0.3) is 11.0 Å². The number of aryl methyl sites for hydroxylation is 1. The van der Waals surface area contributed by atoms with Gasteiger partial charge in [0.15, 0.2) is 0 Å². The van der Waals surface area contributed by atoms with Crippen molar-refractivity contribution >= 4 is 28.7 Å². The van der Waals surface area contributed by atoms with Crippen molar-refractivity contribution in [1.82, 2.24) is 19.4 Å². The van der Waals surface area contributed by atoms with Crippen LogP contribution in [0, 0.1) is 18.8 Å². The minimum absolute atomic E-state index is 0.0875. The summed E-state index contributed by atoms with van der Waals surface area (Å²) in [5.74, 6) is 2.88. The molecule has 0 radical (unpaired) electrons. The molecule has 1 amide bonds. The van der Waals surface area contributed by atoms with Crippen molar-refractivity contribution in [2.24, 2.45) is 11.8 Å². The number of rotatable bonds is 4. The highest BCUT2D eigenvalue weighted by atomic mass is 32.2. The molecule has 0 spiro atoms. The van der Waals surface area contributed by atoms with E-state index >= 15 is 0 Å². The fourth-order valence-corrected chi connectivity index (χ4v) is 6.48. The molecule has 2 unspecified atom stereocenters. The lowest BCUT2D eigenvalue weighted by molar-refractivity contribution is -0.123. The van der Waals surface area contributed by atoms with Crippen LogP contribution >= 0.6 is 11.8 Å². The van der Waals surface area contributed by atoms with E-state index in [4.69, 9.17) is 0 Å². The molecule has 2 aromatic rings. The number of carbonyl (C=O) groups excluding carboxylic acids is 1. The molecule has 1 saturated heterocycles. The normalized spacial score (nSPS) is 28.6. The third kappa shape index (κ3) is 4.02. The van der Waals surface area contributed by atoms with Crippen LogP contribution in [-0.4, -0.2) is 37.6 Å². The Kier molecular flexibility index (Phi) is 5.90. The first-order chi connectivity index (χ1) is 15.4. The summed E-state index contributed by atoms with van der Waals surface area (Å²) in [6, 6.07) is 1.97. The molecule has 2 aliphatic carbocycles. The second kappa shape index (κ2) is 8.69. The van der Waals surface area contributed by atoms with Crippen LogP contribution in [0.2, 0.25) is 0 Å². The predicted octanol–water partition coefficient (Wildman–Crippen LogP) is 3.19. The number of pyridine rings is 1. The van der Waals surface area contributed by atoms with Gasteiger partial charge < -0.3 is 5.32 Å². The number of fused-ring (bicyclic) bond motifs is 1. The van der Waals surface area contributed by atoms with Crippen LogP contribution < -0.4 is 16.6 Å². The van der Waals surface area contributed by atoms with Gasteiger partial charge in [0.1, 0.15) is 5.65 Å². The van der Waals surface area contributed by atoms with E-state index in [0.717, 1.165) is 62.0 Å². The molecule has 1 N–H and O–H groups in total. The van der Waals surface area contributed by atoms with Crippen molar-refractivity contribution in [3.8, 4) is 0 Å². The van der Waals surface area contributed by atoms with Crippen molar-refractivity contribution in [2.75, 3.05) is 11.5 Å². The number of aromatic nitrogens is 3. The number of hydrogen-bond donors (Lipinski definition) is 1. The average Bonchev–Trinajstić information content (AvgIpc) is 3.53. The molecule has 3 heterocycles. The summed E-state index contributed by atoms with van der Waals surface area (Å²) in [5.41, 5.74) is 1.02. The standard InChI is InChI=1S/C24H32N4O3S/c1-14-11-20-21(25-13-14)27(18-7-9-32-10-8-18)24(31)28(23(20)30)17-5-3-16(4-6-17)26-22(29)19-12-15(19)2/h11,13,15-19H,3-10,12H2,1-2H3,(H,26,29). The summed E-state index contributed by atoms with van der Waals surface area (Å²) in [4.78, 5) is 44.0. The number of hydrogen-bond acceptors (Lipinski definition) is 5. The summed E-state index contributed by atoms with van der Waals surface area (Å²) in [7, 11) is 0. The van der Waals surface area contributed by atoms with E-state index in [1.807, 2.05) is 24.8 Å². The SMILES string of the molecule is Cc1cnc2c(c1)c(=O)n(C1CCC(NC(=O)C3CC3C)CC1)c(=O)n2C1CCSCC1. The van der Waals surface area contributed by atoms with Crippen molar-refractivity contribution in [1.29, 1.82) is 0 Å². The molecule has 1 aliphatic heterocycles. The smallest absolute Gasteiger partial charge is 0.333 e.